The lowest BCUT2D eigenvalue weighted by Crippen LogP contribution is -2.13. The predicted octanol–water partition coefficient (Wildman–Crippen LogP) is 4.76. The van der Waals surface area contributed by atoms with Crippen LogP contribution >= 0.6 is 11.3 Å². The highest BCUT2D eigenvalue weighted by atomic mass is 32.1. The van der Waals surface area contributed by atoms with Gasteiger partial charge < -0.3 is 0 Å². The third-order valence-corrected chi connectivity index (χ3v) is 4.02. The molecule has 3 rings (SSSR count). The van der Waals surface area contributed by atoms with Crippen LogP contribution in [0.25, 0.3) is 0 Å². The van der Waals surface area contributed by atoms with E-state index in [-0.39, 0.29) is 11.7 Å². The summed E-state index contributed by atoms with van der Waals surface area (Å²) >= 11 is 1.55. The van der Waals surface area contributed by atoms with Crippen molar-refractivity contribution in [1.82, 2.24) is 0 Å². The van der Waals surface area contributed by atoms with Crippen molar-refractivity contribution in [3.05, 3.63) is 94.2 Å². The van der Waals surface area contributed by atoms with Gasteiger partial charge in [-0.05, 0) is 22.6 Å². The Hall–Kier alpha value is -2.19. The number of ketones is 1. The molecule has 1 aromatic heterocycles. The second kappa shape index (κ2) is 5.85. The zero-order chi connectivity index (χ0) is 13.8. The molecular formula is C18H14OS. The quantitative estimate of drug-likeness (QED) is 0.629. The normalized spacial score (nSPS) is 10.7. The van der Waals surface area contributed by atoms with Crippen LogP contribution in [-0.4, -0.2) is 5.78 Å². The van der Waals surface area contributed by atoms with Crippen molar-refractivity contribution in [2.75, 3.05) is 0 Å². The van der Waals surface area contributed by atoms with Crippen molar-refractivity contribution in [2.24, 2.45) is 0 Å². The molecule has 0 aliphatic carbocycles. The second-order valence-corrected chi connectivity index (χ2v) is 5.41. The summed E-state index contributed by atoms with van der Waals surface area (Å²) in [5.74, 6) is -0.0735. The van der Waals surface area contributed by atoms with Crippen molar-refractivity contribution in [2.45, 2.75) is 5.92 Å². The summed E-state index contributed by atoms with van der Waals surface area (Å²) in [4.78, 5) is 12.8. The van der Waals surface area contributed by atoms with Crippen molar-refractivity contribution in [1.29, 1.82) is 0 Å². The maximum Gasteiger partial charge on any atom is 0.175 e. The van der Waals surface area contributed by atoms with E-state index in [1.54, 1.807) is 11.3 Å². The van der Waals surface area contributed by atoms with Gasteiger partial charge in [0.25, 0.3) is 0 Å². The Morgan fingerprint density at radius 2 is 1.35 bits per heavy atom. The molecule has 0 aliphatic rings. The van der Waals surface area contributed by atoms with Crippen LogP contribution in [0.2, 0.25) is 0 Å². The van der Waals surface area contributed by atoms with Gasteiger partial charge in [0, 0.05) is 10.9 Å². The fourth-order valence-electron chi connectivity index (χ4n) is 2.36. The predicted molar refractivity (Wildman–Crippen MR) is 83.4 cm³/mol. The number of rotatable bonds is 4. The van der Waals surface area contributed by atoms with E-state index in [1.165, 1.54) is 0 Å². The maximum absolute atomic E-state index is 12.8. The van der Waals surface area contributed by atoms with Crippen LogP contribution in [-0.2, 0) is 0 Å². The highest BCUT2D eigenvalue weighted by Crippen LogP contribution is 2.29. The summed E-state index contributed by atoms with van der Waals surface area (Å²) in [7, 11) is 0. The van der Waals surface area contributed by atoms with Gasteiger partial charge in [0.15, 0.2) is 5.78 Å². The molecule has 2 heteroatoms. The number of carbonyl (C=O) groups is 1. The van der Waals surface area contributed by atoms with Crippen molar-refractivity contribution < 1.29 is 4.79 Å². The first-order chi connectivity index (χ1) is 9.86. The summed E-state index contributed by atoms with van der Waals surface area (Å²) in [6.45, 7) is 0. The van der Waals surface area contributed by atoms with Crippen LogP contribution < -0.4 is 0 Å². The lowest BCUT2D eigenvalue weighted by Gasteiger charge is -2.16. The first-order valence-electron chi connectivity index (χ1n) is 6.52. The molecule has 0 unspecified atom stereocenters. The lowest BCUT2D eigenvalue weighted by atomic mass is 9.85. The minimum atomic E-state index is -0.230. The number of hydrogen-bond donors (Lipinski definition) is 0. The van der Waals surface area contributed by atoms with Gasteiger partial charge in [-0.25, -0.2) is 0 Å². The average molecular weight is 278 g/mol. The number of hydrogen-bond acceptors (Lipinski definition) is 2. The number of benzene rings is 2. The van der Waals surface area contributed by atoms with E-state index in [4.69, 9.17) is 0 Å². The Morgan fingerprint density at radius 1 is 0.800 bits per heavy atom. The number of carbonyl (C=O) groups excluding carboxylic acids is 1. The molecule has 1 heterocycles. The molecular weight excluding hydrogens is 264 g/mol. The van der Waals surface area contributed by atoms with E-state index >= 15 is 0 Å². The summed E-state index contributed by atoms with van der Waals surface area (Å²) < 4.78 is 0. The molecule has 0 radical (unpaired) electrons. The monoisotopic (exact) mass is 278 g/mol. The summed E-state index contributed by atoms with van der Waals surface area (Å²) in [5, 5.41) is 3.86. The molecule has 0 amide bonds. The van der Waals surface area contributed by atoms with Crippen LogP contribution in [0, 0.1) is 0 Å². The Morgan fingerprint density at radius 3 is 1.80 bits per heavy atom. The maximum atomic E-state index is 12.8. The summed E-state index contributed by atoms with van der Waals surface area (Å²) in [6, 6.07) is 21.8. The van der Waals surface area contributed by atoms with E-state index in [9.17, 15) is 4.79 Å². The topological polar surface area (TPSA) is 17.1 Å². The first-order valence-corrected chi connectivity index (χ1v) is 7.47. The Kier molecular flexibility index (Phi) is 3.75. The minimum Gasteiger partial charge on any atom is -0.293 e. The molecule has 0 atom stereocenters. The zero-order valence-corrected chi connectivity index (χ0v) is 11.7. The fraction of sp³-hybridized carbons (Fsp3) is 0.0556. The first kappa shape index (κ1) is 12.8. The third kappa shape index (κ3) is 2.56. The van der Waals surface area contributed by atoms with Gasteiger partial charge in [0.2, 0.25) is 0 Å². The molecule has 0 N–H and O–H groups in total. The van der Waals surface area contributed by atoms with Crippen LogP contribution in [0.1, 0.15) is 27.4 Å². The van der Waals surface area contributed by atoms with Gasteiger partial charge in [-0.15, -0.1) is 0 Å². The Balaban J connectivity index is 2.07. The van der Waals surface area contributed by atoms with Crippen LogP contribution in [0.15, 0.2) is 77.5 Å². The summed E-state index contributed by atoms with van der Waals surface area (Å²) in [5.41, 5.74) is 2.86. The van der Waals surface area contributed by atoms with Gasteiger partial charge in [0.1, 0.15) is 0 Å². The van der Waals surface area contributed by atoms with Gasteiger partial charge in [-0.3, -0.25) is 4.79 Å². The van der Waals surface area contributed by atoms with Crippen LogP contribution in [0.4, 0.5) is 0 Å². The molecule has 0 saturated carbocycles. The largest absolute Gasteiger partial charge is 0.293 e. The van der Waals surface area contributed by atoms with Crippen molar-refractivity contribution in [3.63, 3.8) is 0 Å². The molecule has 0 aliphatic heterocycles. The molecule has 0 fully saturated rings. The molecule has 2 aromatic carbocycles. The SMILES string of the molecule is O=C(c1ccsc1)C(c1ccccc1)c1ccccc1. The van der Waals surface area contributed by atoms with E-state index in [0.717, 1.165) is 16.7 Å². The summed E-state index contributed by atoms with van der Waals surface area (Å²) in [6.07, 6.45) is 0. The number of Topliss-reactive ketones (excluding diaryl/α,β-unsaturated/α-hetero) is 1. The molecule has 20 heavy (non-hydrogen) atoms. The average Bonchev–Trinajstić information content (AvgIpc) is 3.04. The van der Waals surface area contributed by atoms with Gasteiger partial charge in [0.05, 0.1) is 5.92 Å². The highest BCUT2D eigenvalue weighted by Gasteiger charge is 2.23. The van der Waals surface area contributed by atoms with Crippen LogP contribution in [0.3, 0.4) is 0 Å². The molecule has 0 saturated heterocycles. The van der Waals surface area contributed by atoms with Crippen molar-refractivity contribution >= 4 is 17.1 Å². The van der Waals surface area contributed by atoms with E-state index < -0.39 is 0 Å². The lowest BCUT2D eigenvalue weighted by molar-refractivity contribution is 0.0974. The minimum absolute atomic E-state index is 0.156. The molecule has 0 bridgehead atoms. The molecule has 98 valence electrons. The van der Waals surface area contributed by atoms with Gasteiger partial charge >= 0.3 is 0 Å². The van der Waals surface area contributed by atoms with Gasteiger partial charge in [-0.2, -0.15) is 11.3 Å². The zero-order valence-electron chi connectivity index (χ0n) is 10.9. The van der Waals surface area contributed by atoms with Crippen molar-refractivity contribution in [3.8, 4) is 0 Å². The van der Waals surface area contributed by atoms with Gasteiger partial charge in [-0.1, -0.05) is 60.7 Å². The second-order valence-electron chi connectivity index (χ2n) is 4.63. The third-order valence-electron chi connectivity index (χ3n) is 3.33. The number of thiophene rings is 1. The Bertz CT molecular complexity index is 632. The van der Waals surface area contributed by atoms with E-state index in [0.29, 0.717) is 0 Å². The molecule has 0 spiro atoms. The standard InChI is InChI=1S/C18H14OS/c19-18(16-11-12-20-13-16)17(14-7-3-1-4-8-14)15-9-5-2-6-10-15/h1-13,17H. The van der Waals surface area contributed by atoms with E-state index in [1.807, 2.05) is 77.5 Å². The molecule has 1 nitrogen and oxygen atoms in total. The smallest absolute Gasteiger partial charge is 0.175 e. The van der Waals surface area contributed by atoms with E-state index in [2.05, 4.69) is 0 Å². The Labute approximate surface area is 122 Å². The van der Waals surface area contributed by atoms with Crippen LogP contribution in [0.5, 0.6) is 0 Å². The highest BCUT2D eigenvalue weighted by molar-refractivity contribution is 7.08. The molecule has 3 aromatic rings. The fourth-order valence-corrected chi connectivity index (χ4v) is 3.00.